The largest absolute Gasteiger partial charge is 0.508 e. The van der Waals surface area contributed by atoms with Gasteiger partial charge in [0.05, 0.1) is 11.9 Å². The number of amides is 2. The van der Waals surface area contributed by atoms with Crippen LogP contribution in [0.3, 0.4) is 0 Å². The number of carbonyl (C=O) groups is 6. The van der Waals surface area contributed by atoms with E-state index in [1.165, 1.54) is 104 Å². The van der Waals surface area contributed by atoms with E-state index < -0.39 is 36.2 Å². The standard InChI is InChI=1S/C15H27NO4.C11H23NO3.C8H19N.C8H10O3.C3H4O3.CH2Cl2/c1-4-5-6-7-8-9-10-16-15(18)20-12-11-19-14(17)13(2)3;1-2-3-4-5-6-7-8-12-11(14)15-10-9-13;1-2-3-4-5-6-7-8-9;1-5(2)7(9)11-8(10)6(3)4;4-3-5-1-2-6-3;2-1-3/h2,4-12H2,1,3H3,(H,16,18);13H,2-10H2,1H3,(H,12,14);2-9H2,1H3;1,3H2,2,4H3;1-2H2;1H2. The number of nitrogens with two attached hydrogens (primary N) is 1. The van der Waals surface area contributed by atoms with Crippen LogP contribution < -0.4 is 16.4 Å². The summed E-state index contributed by atoms with van der Waals surface area (Å²) in [5, 5.41) is 13.9. The molecule has 1 rings (SSSR count). The Hall–Kier alpha value is -3.86. The summed E-state index contributed by atoms with van der Waals surface area (Å²) in [5.74, 6) is -1.89. The van der Waals surface area contributed by atoms with Gasteiger partial charge in [0.25, 0.3) is 0 Å². The van der Waals surface area contributed by atoms with Gasteiger partial charge in [0.2, 0.25) is 0 Å². The zero-order valence-electron chi connectivity index (χ0n) is 40.1. The molecule has 18 heteroatoms. The smallest absolute Gasteiger partial charge is 0.459 e. The van der Waals surface area contributed by atoms with Gasteiger partial charge < -0.3 is 49.9 Å². The Balaban J connectivity index is -0.000000234. The molecule has 0 atom stereocenters. The molecule has 0 aromatic heterocycles. The number of hydrogen-bond donors (Lipinski definition) is 4. The summed E-state index contributed by atoms with van der Waals surface area (Å²) in [7, 11) is 0. The molecular weight excluding hydrogens is 873 g/mol. The van der Waals surface area contributed by atoms with Crippen LogP contribution in [0.2, 0.25) is 0 Å². The van der Waals surface area contributed by atoms with Crippen molar-refractivity contribution < 1.29 is 62.3 Å². The van der Waals surface area contributed by atoms with Gasteiger partial charge >= 0.3 is 36.2 Å². The minimum Gasteiger partial charge on any atom is -0.459 e. The van der Waals surface area contributed by atoms with Crippen molar-refractivity contribution >= 4 is 59.5 Å². The Kier molecular flexibility index (Phi) is 61.8. The summed E-state index contributed by atoms with van der Waals surface area (Å²) in [6, 6.07) is 0. The van der Waals surface area contributed by atoms with E-state index in [-0.39, 0.29) is 42.9 Å². The van der Waals surface area contributed by atoms with Crippen LogP contribution in [0.15, 0.2) is 36.5 Å². The lowest BCUT2D eigenvalue weighted by Crippen LogP contribution is -2.26. The number of aliphatic hydroxyl groups is 1. The van der Waals surface area contributed by atoms with E-state index in [9.17, 15) is 28.8 Å². The number of aliphatic hydroxyl groups excluding tert-OH is 1. The molecule has 1 fully saturated rings. The lowest BCUT2D eigenvalue weighted by Gasteiger charge is -2.07. The molecule has 64 heavy (non-hydrogen) atoms. The van der Waals surface area contributed by atoms with Crippen molar-refractivity contribution in [2.75, 3.05) is 64.6 Å². The van der Waals surface area contributed by atoms with Crippen molar-refractivity contribution in [1.82, 2.24) is 10.6 Å². The van der Waals surface area contributed by atoms with Crippen molar-refractivity contribution in [3.05, 3.63) is 36.5 Å². The average molecular weight is 959 g/mol. The zero-order valence-corrected chi connectivity index (χ0v) is 41.6. The molecule has 376 valence electrons. The van der Waals surface area contributed by atoms with Gasteiger partial charge in [0.15, 0.2) is 0 Å². The first-order valence-electron chi connectivity index (χ1n) is 22.5. The highest BCUT2D eigenvalue weighted by Crippen LogP contribution is 2.06. The molecule has 1 heterocycles. The Labute approximate surface area is 395 Å². The maximum absolute atomic E-state index is 11.3. The molecular formula is C46H85Cl2N3O13. The Bertz CT molecular complexity index is 1170. The van der Waals surface area contributed by atoms with E-state index in [0.717, 1.165) is 32.2 Å². The second kappa shape index (κ2) is 57.2. The summed E-state index contributed by atoms with van der Waals surface area (Å²) in [6.45, 7) is 24.2. The number of cyclic esters (lactones) is 2. The Morgan fingerprint density at radius 2 is 0.906 bits per heavy atom. The predicted octanol–water partition coefficient (Wildman–Crippen LogP) is 10.3. The number of esters is 3. The van der Waals surface area contributed by atoms with Crippen molar-refractivity contribution in [3.63, 3.8) is 0 Å². The summed E-state index contributed by atoms with van der Waals surface area (Å²) < 4.78 is 27.2. The van der Waals surface area contributed by atoms with E-state index in [0.29, 0.717) is 31.9 Å². The lowest BCUT2D eigenvalue weighted by atomic mass is 10.1. The van der Waals surface area contributed by atoms with Crippen LogP contribution in [0.25, 0.3) is 0 Å². The fourth-order valence-electron chi connectivity index (χ4n) is 4.30. The molecule has 5 N–H and O–H groups in total. The van der Waals surface area contributed by atoms with Crippen LogP contribution in [0, 0.1) is 0 Å². The molecule has 0 bridgehead atoms. The molecule has 0 aromatic rings. The fourth-order valence-corrected chi connectivity index (χ4v) is 4.30. The first kappa shape index (κ1) is 69.2. The van der Waals surface area contributed by atoms with E-state index in [1.807, 2.05) is 0 Å². The van der Waals surface area contributed by atoms with Gasteiger partial charge in [-0.3, -0.25) is 0 Å². The number of alkyl halides is 2. The molecule has 0 unspecified atom stereocenters. The minimum absolute atomic E-state index is 0.0517. The molecule has 1 aliphatic heterocycles. The quantitative estimate of drug-likeness (QED) is 0.0143. The minimum atomic E-state index is -0.710. The molecule has 0 radical (unpaired) electrons. The number of hydrogen-bond acceptors (Lipinski definition) is 14. The molecule has 1 aliphatic rings. The van der Waals surface area contributed by atoms with E-state index in [4.69, 9.17) is 43.5 Å². The molecule has 1 saturated heterocycles. The highest BCUT2D eigenvalue weighted by molar-refractivity contribution is 6.40. The van der Waals surface area contributed by atoms with E-state index in [2.05, 4.69) is 70.1 Å². The fraction of sp³-hybridized carbons (Fsp3) is 0.739. The zero-order chi connectivity index (χ0) is 49.7. The van der Waals surface area contributed by atoms with Gasteiger partial charge in [-0.1, -0.05) is 137 Å². The predicted molar refractivity (Wildman–Crippen MR) is 255 cm³/mol. The summed E-state index contributed by atoms with van der Waals surface area (Å²) in [4.78, 5) is 64.3. The third kappa shape index (κ3) is 64.8. The second-order valence-corrected chi connectivity index (χ2v) is 15.0. The Morgan fingerprint density at radius 3 is 1.22 bits per heavy atom. The molecule has 0 aromatic carbocycles. The van der Waals surface area contributed by atoms with E-state index >= 15 is 0 Å². The molecule has 0 saturated carbocycles. The number of halogens is 2. The number of ether oxygens (including phenoxy) is 6. The third-order valence-corrected chi connectivity index (χ3v) is 7.79. The van der Waals surface area contributed by atoms with Gasteiger partial charge in [0, 0.05) is 29.8 Å². The van der Waals surface area contributed by atoms with Crippen molar-refractivity contribution in [2.24, 2.45) is 5.73 Å². The number of unbranched alkanes of at least 4 members (excludes halogenated alkanes) is 15. The number of rotatable bonds is 28. The molecule has 16 nitrogen and oxygen atoms in total. The topological polar surface area (TPSA) is 228 Å². The number of alkyl carbamates (subject to hydrolysis) is 2. The van der Waals surface area contributed by atoms with Crippen LogP contribution >= 0.6 is 23.2 Å². The number of nitrogens with one attached hydrogen (secondary N) is 2. The van der Waals surface area contributed by atoms with Crippen LogP contribution in [-0.4, -0.2) is 106 Å². The number of carbonyl (C=O) groups excluding carboxylic acids is 6. The molecule has 0 aliphatic carbocycles. The maximum atomic E-state index is 11.3. The normalized spacial score (nSPS) is 10.4. The highest BCUT2D eigenvalue weighted by Gasteiger charge is 2.11. The highest BCUT2D eigenvalue weighted by atomic mass is 35.5. The summed E-state index contributed by atoms with van der Waals surface area (Å²) in [6.07, 6.45) is 20.9. The lowest BCUT2D eigenvalue weighted by molar-refractivity contribution is -0.154. The van der Waals surface area contributed by atoms with Gasteiger partial charge in [0.1, 0.15) is 33.0 Å². The third-order valence-electron chi connectivity index (χ3n) is 7.79. The maximum Gasteiger partial charge on any atom is 0.508 e. The van der Waals surface area contributed by atoms with Gasteiger partial charge in [-0.05, 0) is 46.6 Å². The van der Waals surface area contributed by atoms with Gasteiger partial charge in [-0.25, -0.2) is 28.8 Å². The SMILES string of the molecule is C=C(C)C(=O)OC(=O)C(=C)C.C=C(C)C(=O)OCCOC(=O)NCCCCCCCC.CCCCCCCCN.CCCCCCCCNC(=O)OCCO.ClCCl.O=C1OCCO1. The monoisotopic (exact) mass is 958 g/mol. The van der Waals surface area contributed by atoms with Gasteiger partial charge in [-0.2, -0.15) is 0 Å². The summed E-state index contributed by atoms with van der Waals surface area (Å²) >= 11 is 9.53. The van der Waals surface area contributed by atoms with Crippen LogP contribution in [0.4, 0.5) is 14.4 Å². The molecule has 0 spiro atoms. The Morgan fingerprint density at radius 1 is 0.578 bits per heavy atom. The van der Waals surface area contributed by atoms with Gasteiger partial charge in [-0.15, -0.1) is 23.2 Å². The van der Waals surface area contributed by atoms with Crippen molar-refractivity contribution in [2.45, 2.75) is 157 Å². The summed E-state index contributed by atoms with van der Waals surface area (Å²) in [5.41, 5.74) is 6.06. The van der Waals surface area contributed by atoms with Crippen molar-refractivity contribution in [1.29, 1.82) is 0 Å². The van der Waals surface area contributed by atoms with Crippen molar-refractivity contribution in [3.8, 4) is 0 Å². The first-order valence-corrected chi connectivity index (χ1v) is 23.6. The average Bonchev–Trinajstić information content (AvgIpc) is 3.75. The van der Waals surface area contributed by atoms with Crippen LogP contribution in [0.1, 0.15) is 157 Å². The first-order chi connectivity index (χ1) is 30.6. The van der Waals surface area contributed by atoms with Crippen LogP contribution in [-0.2, 0) is 42.8 Å². The second-order valence-electron chi connectivity index (χ2n) is 14.1. The van der Waals surface area contributed by atoms with E-state index in [1.54, 1.807) is 6.92 Å². The van der Waals surface area contributed by atoms with Crippen LogP contribution in [0.5, 0.6) is 0 Å². The molecule has 2 amide bonds.